The SMILES string of the molecule is Cc1sc(=S)[nH]c1-c1ccc(C2CCCCC2)cc1. The lowest BCUT2D eigenvalue weighted by Crippen LogP contribution is -2.04. The van der Waals surface area contributed by atoms with Crippen molar-refractivity contribution >= 4 is 23.6 Å². The van der Waals surface area contributed by atoms with E-state index in [-0.39, 0.29) is 0 Å². The number of aromatic amines is 1. The Labute approximate surface area is 123 Å². The van der Waals surface area contributed by atoms with Crippen LogP contribution < -0.4 is 0 Å². The minimum atomic E-state index is 0.782. The van der Waals surface area contributed by atoms with Gasteiger partial charge in [-0.05, 0) is 49.0 Å². The summed E-state index contributed by atoms with van der Waals surface area (Å²) >= 11 is 6.87. The first-order chi connectivity index (χ1) is 9.24. The second-order valence-electron chi connectivity index (χ2n) is 5.40. The second-order valence-corrected chi connectivity index (χ2v) is 7.29. The number of benzene rings is 1. The lowest BCUT2D eigenvalue weighted by molar-refractivity contribution is 0.443. The molecule has 1 nitrogen and oxygen atoms in total. The highest BCUT2D eigenvalue weighted by Gasteiger charge is 2.15. The molecule has 0 atom stereocenters. The van der Waals surface area contributed by atoms with E-state index in [0.717, 1.165) is 9.87 Å². The van der Waals surface area contributed by atoms with Gasteiger partial charge in [0.2, 0.25) is 0 Å². The van der Waals surface area contributed by atoms with Crippen LogP contribution in [0.25, 0.3) is 11.3 Å². The number of H-pyrrole nitrogens is 1. The Morgan fingerprint density at radius 2 is 1.79 bits per heavy atom. The average molecular weight is 289 g/mol. The molecule has 3 rings (SSSR count). The molecule has 100 valence electrons. The van der Waals surface area contributed by atoms with E-state index >= 15 is 0 Å². The summed E-state index contributed by atoms with van der Waals surface area (Å²) in [6, 6.07) is 9.09. The van der Waals surface area contributed by atoms with Gasteiger partial charge in [0.1, 0.15) is 0 Å². The smallest absolute Gasteiger partial charge is 0.159 e. The van der Waals surface area contributed by atoms with Crippen LogP contribution in [0.2, 0.25) is 0 Å². The topological polar surface area (TPSA) is 15.8 Å². The zero-order valence-corrected chi connectivity index (χ0v) is 12.9. The summed E-state index contributed by atoms with van der Waals surface area (Å²) in [7, 11) is 0. The van der Waals surface area contributed by atoms with Crippen molar-refractivity contribution in [3.8, 4) is 11.3 Å². The zero-order chi connectivity index (χ0) is 13.2. The molecular formula is C16H19NS2. The summed E-state index contributed by atoms with van der Waals surface area (Å²) < 4.78 is 0.865. The quantitative estimate of drug-likeness (QED) is 0.688. The van der Waals surface area contributed by atoms with E-state index in [1.54, 1.807) is 11.3 Å². The largest absolute Gasteiger partial charge is 0.337 e. The summed E-state index contributed by atoms with van der Waals surface area (Å²) in [6.45, 7) is 2.13. The number of nitrogens with one attached hydrogen (secondary N) is 1. The minimum Gasteiger partial charge on any atom is -0.337 e. The summed E-state index contributed by atoms with van der Waals surface area (Å²) in [4.78, 5) is 4.57. The fourth-order valence-electron chi connectivity index (χ4n) is 3.04. The molecule has 1 saturated carbocycles. The molecule has 1 aliphatic carbocycles. The standard InChI is InChI=1S/C16H19NS2/c1-11-15(17-16(18)19-11)14-9-7-13(8-10-14)12-5-3-2-4-6-12/h7-10,12H,2-6H2,1H3,(H,17,18). The fraction of sp³-hybridized carbons (Fsp3) is 0.438. The van der Waals surface area contributed by atoms with E-state index in [2.05, 4.69) is 36.2 Å². The van der Waals surface area contributed by atoms with Gasteiger partial charge >= 0.3 is 0 Å². The molecule has 1 aromatic carbocycles. The molecule has 3 heteroatoms. The maximum atomic E-state index is 5.21. The number of hydrogen-bond acceptors (Lipinski definition) is 2. The van der Waals surface area contributed by atoms with Gasteiger partial charge in [-0.2, -0.15) is 0 Å². The van der Waals surface area contributed by atoms with Crippen LogP contribution >= 0.6 is 23.6 Å². The van der Waals surface area contributed by atoms with E-state index in [0.29, 0.717) is 0 Å². The van der Waals surface area contributed by atoms with Crippen LogP contribution in [0.15, 0.2) is 24.3 Å². The Bertz CT molecular complexity index is 600. The second kappa shape index (κ2) is 5.59. The summed E-state index contributed by atoms with van der Waals surface area (Å²) in [6.07, 6.45) is 6.92. The third-order valence-corrected chi connectivity index (χ3v) is 5.25. The normalized spacial score (nSPS) is 16.7. The number of rotatable bonds is 2. The first-order valence-corrected chi connectivity index (χ1v) is 8.26. The molecule has 1 aliphatic rings. The monoisotopic (exact) mass is 289 g/mol. The molecule has 0 unspecified atom stereocenters. The minimum absolute atomic E-state index is 0.782. The van der Waals surface area contributed by atoms with E-state index in [4.69, 9.17) is 12.2 Å². The zero-order valence-electron chi connectivity index (χ0n) is 11.2. The average Bonchev–Trinajstić information content (AvgIpc) is 2.79. The van der Waals surface area contributed by atoms with Crippen LogP contribution in [0.3, 0.4) is 0 Å². The van der Waals surface area contributed by atoms with Gasteiger partial charge in [0.15, 0.2) is 3.95 Å². The summed E-state index contributed by atoms with van der Waals surface area (Å²) in [5.41, 5.74) is 3.95. The summed E-state index contributed by atoms with van der Waals surface area (Å²) in [5.74, 6) is 0.782. The summed E-state index contributed by atoms with van der Waals surface area (Å²) in [5, 5.41) is 0. The lowest BCUT2D eigenvalue weighted by atomic mass is 9.84. The van der Waals surface area contributed by atoms with Crippen molar-refractivity contribution in [2.75, 3.05) is 0 Å². The molecule has 0 amide bonds. The van der Waals surface area contributed by atoms with Gasteiger partial charge in [-0.1, -0.05) is 43.5 Å². The van der Waals surface area contributed by atoms with Crippen molar-refractivity contribution in [3.63, 3.8) is 0 Å². The van der Waals surface area contributed by atoms with E-state index in [1.807, 2.05) is 0 Å². The Hall–Kier alpha value is -0.930. The van der Waals surface area contributed by atoms with Gasteiger partial charge in [0.25, 0.3) is 0 Å². The predicted octanol–water partition coefficient (Wildman–Crippen LogP) is 5.83. The molecule has 0 spiro atoms. The number of hydrogen-bond donors (Lipinski definition) is 1. The van der Waals surface area contributed by atoms with E-state index in [1.165, 1.54) is 53.8 Å². The first-order valence-electron chi connectivity index (χ1n) is 7.04. The van der Waals surface area contributed by atoms with Gasteiger partial charge in [0.05, 0.1) is 5.69 Å². The molecule has 1 aromatic heterocycles. The Kier molecular flexibility index (Phi) is 3.85. The fourth-order valence-corrected chi connectivity index (χ4v) is 4.22. The van der Waals surface area contributed by atoms with Crippen molar-refractivity contribution in [2.24, 2.45) is 0 Å². The Balaban J connectivity index is 1.86. The molecular weight excluding hydrogens is 270 g/mol. The predicted molar refractivity (Wildman–Crippen MR) is 85.5 cm³/mol. The van der Waals surface area contributed by atoms with Crippen LogP contribution in [0, 0.1) is 10.9 Å². The van der Waals surface area contributed by atoms with Gasteiger partial charge in [-0.25, -0.2) is 0 Å². The highest BCUT2D eigenvalue weighted by Crippen LogP contribution is 2.34. The van der Waals surface area contributed by atoms with Crippen molar-refractivity contribution in [1.82, 2.24) is 4.98 Å². The van der Waals surface area contributed by atoms with Crippen molar-refractivity contribution in [3.05, 3.63) is 38.7 Å². The third kappa shape index (κ3) is 2.82. The maximum absolute atomic E-state index is 5.21. The molecule has 1 heterocycles. The van der Waals surface area contributed by atoms with Crippen LogP contribution in [0.4, 0.5) is 0 Å². The molecule has 1 fully saturated rings. The van der Waals surface area contributed by atoms with Crippen molar-refractivity contribution < 1.29 is 0 Å². The van der Waals surface area contributed by atoms with Crippen molar-refractivity contribution in [1.29, 1.82) is 0 Å². The van der Waals surface area contributed by atoms with Crippen molar-refractivity contribution in [2.45, 2.75) is 44.9 Å². The number of aryl methyl sites for hydroxylation is 1. The highest BCUT2D eigenvalue weighted by atomic mass is 32.1. The van der Waals surface area contributed by atoms with E-state index < -0.39 is 0 Å². The van der Waals surface area contributed by atoms with Gasteiger partial charge in [0, 0.05) is 4.88 Å². The molecule has 1 N–H and O–H groups in total. The van der Waals surface area contributed by atoms with Gasteiger partial charge in [-0.3, -0.25) is 0 Å². The van der Waals surface area contributed by atoms with Gasteiger partial charge in [-0.15, -0.1) is 11.3 Å². The van der Waals surface area contributed by atoms with Crippen LogP contribution in [-0.2, 0) is 0 Å². The molecule has 0 aliphatic heterocycles. The van der Waals surface area contributed by atoms with Crippen LogP contribution in [0.5, 0.6) is 0 Å². The molecule has 2 aromatic rings. The number of aromatic nitrogens is 1. The number of thiazole rings is 1. The van der Waals surface area contributed by atoms with E-state index in [9.17, 15) is 0 Å². The highest BCUT2D eigenvalue weighted by molar-refractivity contribution is 7.73. The Morgan fingerprint density at radius 1 is 1.11 bits per heavy atom. The van der Waals surface area contributed by atoms with Crippen LogP contribution in [0.1, 0.15) is 48.5 Å². The first kappa shape index (κ1) is 13.1. The Morgan fingerprint density at radius 3 is 2.37 bits per heavy atom. The molecule has 19 heavy (non-hydrogen) atoms. The van der Waals surface area contributed by atoms with Gasteiger partial charge < -0.3 is 4.98 Å². The molecule has 0 radical (unpaired) electrons. The van der Waals surface area contributed by atoms with Crippen LogP contribution in [-0.4, -0.2) is 4.98 Å². The molecule has 0 saturated heterocycles. The maximum Gasteiger partial charge on any atom is 0.159 e. The third-order valence-electron chi connectivity index (χ3n) is 4.10. The lowest BCUT2D eigenvalue weighted by Gasteiger charge is -2.22. The molecule has 0 bridgehead atoms.